The number of ether oxygens (including phenoxy) is 3. The number of likely N-dealkylation sites (tertiary alicyclic amines) is 2. The van der Waals surface area contributed by atoms with Gasteiger partial charge in [0.25, 0.3) is 0 Å². The molecule has 10 nitrogen and oxygen atoms in total. The standard InChI is InChI=1S/C28H57NO2.C27H56O3.C6H13N.CH2O.4CH4.H2O2/c1-4-6-12-19-28(20-13-7-5-2)21-17-25-31-26-30-24-15-11-9-8-10-14-22-29-23-16-18-27(29)3;1-5-7-9-11-13-17-21-26(22-18-14-12-10-8-6-2)29-25-27(3,4)23-19-15-16-20-24-30-28;1-6-3-4-7(2)5-6;1-2;;;;;1-2/h27-28H,4-26H2,1-3H3;26,28H,5-25H2,1-4H3;6H,3-5H2,1-2H3;1H2;4*1H4;1-2H/t27-;;6-;;;;;;/m1.1....../s1. The monoisotopic (exact) mass is 1100 g/mol. The van der Waals surface area contributed by atoms with Crippen LogP contribution in [-0.2, 0) is 23.9 Å². The van der Waals surface area contributed by atoms with Crippen molar-refractivity contribution in [2.24, 2.45) is 17.3 Å². The molecular formula is C66H146N2O8. The van der Waals surface area contributed by atoms with Crippen molar-refractivity contribution in [3.63, 3.8) is 0 Å². The van der Waals surface area contributed by atoms with Crippen LogP contribution >= 0.6 is 0 Å². The van der Waals surface area contributed by atoms with Crippen LogP contribution in [0.15, 0.2) is 0 Å². The molecule has 468 valence electrons. The second-order valence-corrected chi connectivity index (χ2v) is 22.9. The van der Waals surface area contributed by atoms with Crippen LogP contribution in [0.2, 0.25) is 0 Å². The molecule has 0 amide bonds. The topological polar surface area (TPSA) is 121 Å². The quantitative estimate of drug-likeness (QED) is 0.0235. The summed E-state index contributed by atoms with van der Waals surface area (Å²) in [5, 5.41) is 20.4. The summed E-state index contributed by atoms with van der Waals surface area (Å²) in [4.78, 5) is 17.2. The summed E-state index contributed by atoms with van der Waals surface area (Å²) >= 11 is 0. The fourth-order valence-corrected chi connectivity index (χ4v) is 10.3. The highest BCUT2D eigenvalue weighted by atomic mass is 17.1. The van der Waals surface area contributed by atoms with Crippen molar-refractivity contribution in [2.45, 2.75) is 341 Å². The molecule has 0 aliphatic carbocycles. The number of hydrogen-bond donors (Lipinski definition) is 3. The SMILES string of the molecule is C.C.C.C.C=O.CCCCCC(CCCCC)CCCOCOCCCCCCCCN1CCC[C@H]1C.CCCCCCCCC(CCCCCCCC)OCC(C)(C)CCCCCCOO.C[C@@H]1CCN(C)C1.OO. The molecule has 2 heterocycles. The van der Waals surface area contributed by atoms with E-state index in [0.717, 1.165) is 50.5 Å². The van der Waals surface area contributed by atoms with Crippen LogP contribution in [0.3, 0.4) is 0 Å². The van der Waals surface area contributed by atoms with Crippen LogP contribution in [-0.4, -0.2) is 111 Å². The molecule has 0 saturated carbocycles. The van der Waals surface area contributed by atoms with E-state index in [1.54, 1.807) is 0 Å². The number of hydrogen-bond acceptors (Lipinski definition) is 10. The molecule has 10 heteroatoms. The van der Waals surface area contributed by atoms with Crippen molar-refractivity contribution >= 4 is 6.79 Å². The van der Waals surface area contributed by atoms with Gasteiger partial charge in [-0.05, 0) is 121 Å². The molecule has 2 saturated heterocycles. The molecule has 0 spiro atoms. The van der Waals surface area contributed by atoms with Gasteiger partial charge in [-0.3, -0.25) is 15.8 Å². The van der Waals surface area contributed by atoms with E-state index in [-0.39, 0.29) is 35.1 Å². The van der Waals surface area contributed by atoms with Gasteiger partial charge < -0.3 is 28.8 Å². The first-order chi connectivity index (χ1) is 35.1. The zero-order valence-corrected chi connectivity index (χ0v) is 50.0. The maximum absolute atomic E-state index is 8.39. The van der Waals surface area contributed by atoms with Gasteiger partial charge in [0.15, 0.2) is 0 Å². The Labute approximate surface area is 479 Å². The van der Waals surface area contributed by atoms with E-state index in [0.29, 0.717) is 19.5 Å². The first-order valence-corrected chi connectivity index (χ1v) is 31.1. The summed E-state index contributed by atoms with van der Waals surface area (Å²) in [6.45, 7) is 29.4. The van der Waals surface area contributed by atoms with Crippen molar-refractivity contribution in [3.05, 3.63) is 0 Å². The summed E-state index contributed by atoms with van der Waals surface area (Å²) in [6, 6.07) is 0.831. The van der Waals surface area contributed by atoms with Gasteiger partial charge in [-0.1, -0.05) is 252 Å². The number of rotatable bonds is 47. The first-order valence-electron chi connectivity index (χ1n) is 31.1. The van der Waals surface area contributed by atoms with Gasteiger partial charge in [0.1, 0.15) is 13.6 Å². The lowest BCUT2D eigenvalue weighted by atomic mass is 9.87. The maximum Gasteiger partial charge on any atom is 0.146 e. The average molecular weight is 1100 g/mol. The van der Waals surface area contributed by atoms with Gasteiger partial charge in [-0.25, -0.2) is 4.89 Å². The average Bonchev–Trinajstić information content (AvgIpc) is 3.99. The molecule has 2 fully saturated rings. The minimum atomic E-state index is 0. The Kier molecular flexibility index (Phi) is 84.8. The van der Waals surface area contributed by atoms with Gasteiger partial charge in [-0.2, -0.15) is 0 Å². The van der Waals surface area contributed by atoms with Gasteiger partial charge in [-0.15, -0.1) is 0 Å². The van der Waals surface area contributed by atoms with Crippen LogP contribution in [0.4, 0.5) is 0 Å². The largest absolute Gasteiger partial charge is 0.378 e. The fourth-order valence-electron chi connectivity index (χ4n) is 10.3. The molecule has 0 aromatic rings. The second-order valence-electron chi connectivity index (χ2n) is 22.9. The van der Waals surface area contributed by atoms with Gasteiger partial charge in [0, 0.05) is 25.8 Å². The summed E-state index contributed by atoms with van der Waals surface area (Å²) < 4.78 is 17.9. The van der Waals surface area contributed by atoms with Crippen LogP contribution in [0, 0.1) is 17.3 Å². The number of carbonyl (C=O) groups excluding carboxylic acids is 1. The number of carbonyl (C=O) groups is 1. The number of nitrogens with zero attached hydrogens (tertiary/aromatic N) is 2. The van der Waals surface area contributed by atoms with E-state index in [2.05, 4.69) is 77.1 Å². The van der Waals surface area contributed by atoms with Crippen LogP contribution in [0.25, 0.3) is 0 Å². The third kappa shape index (κ3) is 65.8. The predicted molar refractivity (Wildman–Crippen MR) is 338 cm³/mol. The first kappa shape index (κ1) is 89.1. The van der Waals surface area contributed by atoms with E-state index in [1.807, 2.05) is 6.79 Å². The fraction of sp³-hybridized carbons (Fsp3) is 0.985. The lowest BCUT2D eigenvalue weighted by molar-refractivity contribution is -0.242. The van der Waals surface area contributed by atoms with Crippen LogP contribution in [0.5, 0.6) is 0 Å². The lowest BCUT2D eigenvalue weighted by Gasteiger charge is -2.28. The third-order valence-corrected chi connectivity index (χ3v) is 15.1. The number of unbranched alkanes of at least 4 members (excludes halogenated alkanes) is 22. The summed E-state index contributed by atoms with van der Waals surface area (Å²) in [7, 11) is 2.18. The van der Waals surface area contributed by atoms with E-state index >= 15 is 0 Å². The van der Waals surface area contributed by atoms with E-state index < -0.39 is 0 Å². The van der Waals surface area contributed by atoms with Crippen molar-refractivity contribution < 1.29 is 39.7 Å². The van der Waals surface area contributed by atoms with Crippen molar-refractivity contribution in [2.75, 3.05) is 66.4 Å². The normalized spacial score (nSPS) is 15.1. The maximum atomic E-state index is 8.39. The van der Waals surface area contributed by atoms with Gasteiger partial charge >= 0.3 is 0 Å². The van der Waals surface area contributed by atoms with E-state index in [1.165, 1.54) is 257 Å². The summed E-state index contributed by atoms with van der Waals surface area (Å²) in [5.41, 5.74) is 0.258. The van der Waals surface area contributed by atoms with Gasteiger partial charge in [0.2, 0.25) is 0 Å². The molecular weight excluding hydrogens is 949 g/mol. The highest BCUT2D eigenvalue weighted by Crippen LogP contribution is 2.27. The minimum absolute atomic E-state index is 0. The van der Waals surface area contributed by atoms with Crippen LogP contribution < -0.4 is 0 Å². The summed E-state index contributed by atoms with van der Waals surface area (Å²) in [6.07, 6.45) is 51.0. The molecule has 2 atom stereocenters. The predicted octanol–water partition coefficient (Wildman–Crippen LogP) is 21.0. The van der Waals surface area contributed by atoms with Crippen molar-refractivity contribution in [1.29, 1.82) is 0 Å². The molecule has 2 aliphatic heterocycles. The highest BCUT2D eigenvalue weighted by Gasteiger charge is 2.21. The second kappa shape index (κ2) is 72.3. The molecule has 0 unspecified atom stereocenters. The smallest absolute Gasteiger partial charge is 0.146 e. The molecule has 3 N–H and O–H groups in total. The van der Waals surface area contributed by atoms with Crippen LogP contribution in [0.1, 0.15) is 329 Å². The summed E-state index contributed by atoms with van der Waals surface area (Å²) in [5.74, 6) is 1.87. The molecule has 0 bridgehead atoms. The molecule has 0 radical (unpaired) electrons. The van der Waals surface area contributed by atoms with Crippen molar-refractivity contribution in [1.82, 2.24) is 9.80 Å². The zero-order chi connectivity index (χ0) is 54.0. The highest BCUT2D eigenvalue weighted by molar-refractivity contribution is 5.11. The Hall–Kier alpha value is -0.690. The Morgan fingerprint density at radius 1 is 0.539 bits per heavy atom. The van der Waals surface area contributed by atoms with Crippen molar-refractivity contribution in [3.8, 4) is 0 Å². The zero-order valence-electron chi connectivity index (χ0n) is 50.0. The molecule has 0 aromatic carbocycles. The third-order valence-electron chi connectivity index (χ3n) is 15.1. The molecule has 2 aliphatic rings. The molecule has 0 aromatic heterocycles. The Balaban J connectivity index is -0.000000200. The van der Waals surface area contributed by atoms with Gasteiger partial charge in [0.05, 0.1) is 19.3 Å². The van der Waals surface area contributed by atoms with E-state index in [9.17, 15) is 0 Å². The Morgan fingerprint density at radius 3 is 1.41 bits per heavy atom. The Morgan fingerprint density at radius 2 is 0.961 bits per heavy atom. The molecule has 2 rings (SSSR count). The van der Waals surface area contributed by atoms with E-state index in [4.69, 9.17) is 34.8 Å². The minimum Gasteiger partial charge on any atom is -0.378 e. The molecule has 76 heavy (non-hydrogen) atoms. The lowest BCUT2D eigenvalue weighted by Crippen LogP contribution is -2.27. The Bertz CT molecular complexity index is 962.